The van der Waals surface area contributed by atoms with Crippen molar-refractivity contribution in [3.63, 3.8) is 0 Å². The number of carboxylic acids is 1. The van der Waals surface area contributed by atoms with Gasteiger partial charge in [-0.1, -0.05) is 54.1 Å². The molecule has 10 nitrogen and oxygen atoms in total. The van der Waals surface area contributed by atoms with Crippen LogP contribution in [0.1, 0.15) is 31.0 Å². The lowest BCUT2D eigenvalue weighted by Crippen LogP contribution is -2.71. The van der Waals surface area contributed by atoms with Gasteiger partial charge in [0.1, 0.15) is 30.0 Å². The van der Waals surface area contributed by atoms with Crippen LogP contribution in [0.5, 0.6) is 0 Å². The van der Waals surface area contributed by atoms with Gasteiger partial charge in [-0.3, -0.25) is 19.4 Å². The van der Waals surface area contributed by atoms with Crippen molar-refractivity contribution in [2.24, 2.45) is 10.7 Å². The fourth-order valence-electron chi connectivity index (χ4n) is 4.58. The number of hydrogen-bond donors (Lipinski definition) is 4. The lowest BCUT2D eigenvalue weighted by molar-refractivity contribution is -0.161. The third-order valence-corrected chi connectivity index (χ3v) is 8.22. The highest BCUT2D eigenvalue weighted by Gasteiger charge is 2.64. The van der Waals surface area contributed by atoms with Gasteiger partial charge >= 0.3 is 5.97 Å². The van der Waals surface area contributed by atoms with E-state index in [1.807, 2.05) is 12.1 Å². The number of rotatable bonds is 9. The summed E-state index contributed by atoms with van der Waals surface area (Å²) in [5, 5.41) is 15.1. The van der Waals surface area contributed by atoms with Crippen LogP contribution in [0.3, 0.4) is 0 Å². The van der Waals surface area contributed by atoms with Gasteiger partial charge in [-0.15, -0.1) is 11.8 Å². The molecule has 0 saturated carbocycles. The summed E-state index contributed by atoms with van der Waals surface area (Å²) in [4.78, 5) is 56.0. The van der Waals surface area contributed by atoms with Gasteiger partial charge < -0.3 is 26.4 Å². The molecule has 2 heterocycles. The minimum Gasteiger partial charge on any atom is -0.480 e. The van der Waals surface area contributed by atoms with E-state index in [2.05, 4.69) is 15.6 Å². The molecular weight excluding hydrogens is 530 g/mol. The molecule has 2 aromatic carbocycles. The normalized spacial score (nSPS) is 22.7. The molecule has 4 rings (SSSR count). The molecule has 0 spiro atoms. The molecular formula is C26H28ClN5O5S. The maximum atomic E-state index is 13.3. The van der Waals surface area contributed by atoms with Crippen molar-refractivity contribution in [1.82, 2.24) is 15.5 Å². The van der Waals surface area contributed by atoms with E-state index in [0.29, 0.717) is 17.0 Å². The van der Waals surface area contributed by atoms with Crippen molar-refractivity contribution < 1.29 is 24.3 Å². The zero-order valence-corrected chi connectivity index (χ0v) is 22.3. The number of halogens is 1. The number of benzene rings is 2. The Morgan fingerprint density at radius 3 is 2.45 bits per heavy atom. The predicted molar refractivity (Wildman–Crippen MR) is 145 cm³/mol. The molecule has 5 N–H and O–H groups in total. The SMILES string of the molecule is CC1(C)S[C@@H]2[C@H](NC(=O)C(NC(=O)CN=C(N)Cc3ccc(Cl)cc3)c3ccccc3)C(=O)N2[C@H]1C(=O)O. The molecule has 38 heavy (non-hydrogen) atoms. The Kier molecular flexibility index (Phi) is 7.98. The molecule has 200 valence electrons. The number of fused-ring (bicyclic) bond motifs is 1. The number of nitrogens with zero attached hydrogens (tertiary/aromatic N) is 2. The Morgan fingerprint density at radius 2 is 1.82 bits per heavy atom. The summed E-state index contributed by atoms with van der Waals surface area (Å²) >= 11 is 7.22. The molecule has 2 saturated heterocycles. The lowest BCUT2D eigenvalue weighted by Gasteiger charge is -2.44. The number of nitrogens with two attached hydrogens (primary N) is 1. The summed E-state index contributed by atoms with van der Waals surface area (Å²) in [6.07, 6.45) is 0.333. The maximum absolute atomic E-state index is 13.3. The number of thioether (sulfide) groups is 1. The largest absolute Gasteiger partial charge is 0.480 e. The van der Waals surface area contributed by atoms with Crippen LogP contribution in [-0.2, 0) is 25.6 Å². The first-order valence-electron chi connectivity index (χ1n) is 11.9. The summed E-state index contributed by atoms with van der Waals surface area (Å²) in [7, 11) is 0. The van der Waals surface area contributed by atoms with Crippen molar-refractivity contribution in [2.45, 2.75) is 48.5 Å². The molecule has 4 atom stereocenters. The Morgan fingerprint density at radius 1 is 1.16 bits per heavy atom. The molecule has 1 unspecified atom stereocenters. The van der Waals surface area contributed by atoms with E-state index in [9.17, 15) is 24.3 Å². The first-order valence-corrected chi connectivity index (χ1v) is 13.1. The molecule has 3 amide bonds. The summed E-state index contributed by atoms with van der Waals surface area (Å²) in [5.74, 6) is -2.42. The van der Waals surface area contributed by atoms with Crippen LogP contribution in [0.4, 0.5) is 0 Å². The fraction of sp³-hybridized carbons (Fsp3) is 0.346. The minimum absolute atomic E-state index is 0.247. The van der Waals surface area contributed by atoms with Gasteiger partial charge in [0.15, 0.2) is 0 Å². The number of aliphatic imine (C=N–C) groups is 1. The van der Waals surface area contributed by atoms with Gasteiger partial charge in [0.25, 0.3) is 0 Å². The third-order valence-electron chi connectivity index (χ3n) is 6.40. The Labute approximate surface area is 229 Å². The molecule has 12 heteroatoms. The van der Waals surface area contributed by atoms with Crippen molar-refractivity contribution in [3.8, 4) is 0 Å². The van der Waals surface area contributed by atoms with Gasteiger partial charge in [-0.25, -0.2) is 4.79 Å². The number of amides is 3. The highest BCUT2D eigenvalue weighted by atomic mass is 35.5. The highest BCUT2D eigenvalue weighted by molar-refractivity contribution is 8.01. The number of nitrogens with one attached hydrogen (secondary N) is 2. The van der Waals surface area contributed by atoms with E-state index in [-0.39, 0.29) is 12.4 Å². The Balaban J connectivity index is 1.42. The van der Waals surface area contributed by atoms with E-state index in [0.717, 1.165) is 5.56 Å². The predicted octanol–water partition coefficient (Wildman–Crippen LogP) is 1.73. The molecule has 0 bridgehead atoms. The topological polar surface area (TPSA) is 154 Å². The smallest absolute Gasteiger partial charge is 0.327 e. The number of carbonyl (C=O) groups excluding carboxylic acids is 3. The molecule has 0 radical (unpaired) electrons. The van der Waals surface area contributed by atoms with Crippen molar-refractivity contribution in [3.05, 3.63) is 70.7 Å². The van der Waals surface area contributed by atoms with E-state index >= 15 is 0 Å². The zero-order valence-electron chi connectivity index (χ0n) is 20.8. The van der Waals surface area contributed by atoms with E-state index < -0.39 is 51.9 Å². The number of hydrogen-bond acceptors (Lipinski definition) is 6. The number of amidine groups is 1. The fourth-order valence-corrected chi connectivity index (χ4v) is 6.33. The highest BCUT2D eigenvalue weighted by Crippen LogP contribution is 2.50. The third kappa shape index (κ3) is 5.78. The van der Waals surface area contributed by atoms with Crippen LogP contribution in [0, 0.1) is 0 Å². The number of β-lactam (4-membered cyclic amide) rings is 1. The summed E-state index contributed by atoms with van der Waals surface area (Å²) < 4.78 is -0.720. The molecule has 2 fully saturated rings. The van der Waals surface area contributed by atoms with E-state index in [4.69, 9.17) is 17.3 Å². The van der Waals surface area contributed by atoms with Crippen LogP contribution in [0.25, 0.3) is 0 Å². The van der Waals surface area contributed by atoms with Crippen molar-refractivity contribution in [2.75, 3.05) is 6.54 Å². The average Bonchev–Trinajstić information content (AvgIpc) is 3.14. The monoisotopic (exact) mass is 557 g/mol. The summed E-state index contributed by atoms with van der Waals surface area (Å²) in [5.41, 5.74) is 7.38. The Hall–Kier alpha value is -3.57. The second-order valence-electron chi connectivity index (χ2n) is 9.61. The molecule has 0 aliphatic carbocycles. The van der Waals surface area contributed by atoms with Gasteiger partial charge in [0.05, 0.1) is 5.84 Å². The zero-order chi connectivity index (χ0) is 27.6. The number of carboxylic acid groups (broad SMARTS) is 1. The maximum Gasteiger partial charge on any atom is 0.327 e. The van der Waals surface area contributed by atoms with E-state index in [1.165, 1.54) is 16.7 Å². The second kappa shape index (κ2) is 11.0. The molecule has 2 aromatic rings. The van der Waals surface area contributed by atoms with Gasteiger partial charge in [-0.05, 0) is 37.1 Å². The molecule has 0 aromatic heterocycles. The first kappa shape index (κ1) is 27.5. The summed E-state index contributed by atoms with van der Waals surface area (Å²) in [6, 6.07) is 12.7. The van der Waals surface area contributed by atoms with Crippen molar-refractivity contribution >= 4 is 52.9 Å². The number of aliphatic carboxylic acids is 1. The first-order chi connectivity index (χ1) is 18.0. The van der Waals surface area contributed by atoms with Crippen LogP contribution >= 0.6 is 23.4 Å². The van der Waals surface area contributed by atoms with Crippen LogP contribution in [0.2, 0.25) is 5.02 Å². The number of carbonyl (C=O) groups is 4. The van der Waals surface area contributed by atoms with Gasteiger partial charge in [0, 0.05) is 16.2 Å². The second-order valence-corrected chi connectivity index (χ2v) is 11.8. The van der Waals surface area contributed by atoms with Crippen molar-refractivity contribution in [1.29, 1.82) is 0 Å². The molecule has 2 aliphatic rings. The van der Waals surface area contributed by atoms with Gasteiger partial charge in [0.2, 0.25) is 17.7 Å². The Bertz CT molecular complexity index is 1270. The van der Waals surface area contributed by atoms with Crippen LogP contribution < -0.4 is 16.4 Å². The minimum atomic E-state index is -1.09. The van der Waals surface area contributed by atoms with Crippen LogP contribution in [0.15, 0.2) is 59.6 Å². The lowest BCUT2D eigenvalue weighted by atomic mass is 9.95. The molecule has 2 aliphatic heterocycles. The van der Waals surface area contributed by atoms with Crippen LogP contribution in [-0.4, -0.2) is 68.3 Å². The summed E-state index contributed by atoms with van der Waals surface area (Å²) in [6.45, 7) is 3.22. The standard InChI is InChI=1S/C26H28ClN5O5S/c1-26(2)21(25(36)37)32-23(35)20(24(32)38-26)31-22(34)19(15-6-4-3-5-7-15)30-18(33)13-29-17(28)12-14-8-10-16(27)11-9-14/h3-11,19-21,24H,12-13H2,1-2H3,(H2,28,29)(H,30,33)(H,31,34)(H,36,37)/t19?,20-,21+,24-/m1/s1. The van der Waals surface area contributed by atoms with Gasteiger partial charge in [-0.2, -0.15) is 0 Å². The van der Waals surface area contributed by atoms with E-state index in [1.54, 1.807) is 56.3 Å². The average molecular weight is 558 g/mol. The quantitative estimate of drug-likeness (QED) is 0.208.